The average Bonchev–Trinajstić information content (AvgIpc) is 2.48. The number of benzene rings is 2. The molecule has 0 N–H and O–H groups in total. The molecular formula is C18H23NO2. The molecule has 0 aromatic heterocycles. The van der Waals surface area contributed by atoms with E-state index < -0.39 is 0 Å². The van der Waals surface area contributed by atoms with Crippen molar-refractivity contribution in [1.82, 2.24) is 4.90 Å². The lowest BCUT2D eigenvalue weighted by Gasteiger charge is -2.17. The van der Waals surface area contributed by atoms with Crippen LogP contribution in [0.1, 0.15) is 5.56 Å². The van der Waals surface area contributed by atoms with Gasteiger partial charge in [-0.3, -0.25) is 4.90 Å². The van der Waals surface area contributed by atoms with E-state index in [0.29, 0.717) is 13.2 Å². The molecule has 0 bridgehead atoms. The third-order valence-corrected chi connectivity index (χ3v) is 3.22. The van der Waals surface area contributed by atoms with E-state index in [0.717, 1.165) is 24.6 Å². The van der Waals surface area contributed by atoms with Crippen LogP contribution in [-0.2, 0) is 0 Å². The molecule has 0 saturated carbocycles. The third-order valence-electron chi connectivity index (χ3n) is 3.22. The first-order valence-electron chi connectivity index (χ1n) is 7.30. The maximum absolute atomic E-state index is 5.74. The highest BCUT2D eigenvalue weighted by atomic mass is 16.5. The van der Waals surface area contributed by atoms with Crippen LogP contribution in [0.25, 0.3) is 0 Å². The Morgan fingerprint density at radius 2 is 1.43 bits per heavy atom. The predicted molar refractivity (Wildman–Crippen MR) is 86.1 cm³/mol. The molecule has 2 rings (SSSR count). The first kappa shape index (κ1) is 15.4. The summed E-state index contributed by atoms with van der Waals surface area (Å²) < 4.78 is 11.4. The number of hydrogen-bond acceptors (Lipinski definition) is 3. The zero-order valence-electron chi connectivity index (χ0n) is 12.8. The minimum atomic E-state index is 0.685. The standard InChI is InChI=1S/C18H23NO2/c1-16-7-6-10-18(15-16)21-14-12-19(2)11-13-20-17-8-4-3-5-9-17/h3-10,15H,11-14H2,1-2H3. The van der Waals surface area contributed by atoms with E-state index in [-0.39, 0.29) is 0 Å². The number of para-hydroxylation sites is 1. The fourth-order valence-corrected chi connectivity index (χ4v) is 1.97. The van der Waals surface area contributed by atoms with Crippen LogP contribution in [0.5, 0.6) is 11.5 Å². The molecule has 2 aromatic carbocycles. The summed E-state index contributed by atoms with van der Waals surface area (Å²) in [6.45, 7) is 5.20. The molecule has 0 aliphatic rings. The topological polar surface area (TPSA) is 21.7 Å². The summed E-state index contributed by atoms with van der Waals surface area (Å²) >= 11 is 0. The minimum absolute atomic E-state index is 0.685. The zero-order chi connectivity index (χ0) is 14.9. The molecule has 0 aliphatic heterocycles. The minimum Gasteiger partial charge on any atom is -0.492 e. The Balaban J connectivity index is 1.60. The van der Waals surface area contributed by atoms with Gasteiger partial charge in [0.2, 0.25) is 0 Å². The van der Waals surface area contributed by atoms with Gasteiger partial charge in [0, 0.05) is 13.1 Å². The van der Waals surface area contributed by atoms with Crippen LogP contribution in [0.4, 0.5) is 0 Å². The molecule has 0 atom stereocenters. The van der Waals surface area contributed by atoms with Crippen molar-refractivity contribution in [3.05, 3.63) is 60.2 Å². The van der Waals surface area contributed by atoms with Gasteiger partial charge in [0.1, 0.15) is 24.7 Å². The van der Waals surface area contributed by atoms with E-state index in [1.165, 1.54) is 5.56 Å². The van der Waals surface area contributed by atoms with Crippen molar-refractivity contribution in [2.24, 2.45) is 0 Å². The lowest BCUT2D eigenvalue weighted by Crippen LogP contribution is -2.28. The van der Waals surface area contributed by atoms with Crippen molar-refractivity contribution in [2.45, 2.75) is 6.92 Å². The summed E-state index contributed by atoms with van der Waals surface area (Å²) in [5.74, 6) is 1.85. The van der Waals surface area contributed by atoms with Gasteiger partial charge in [0.15, 0.2) is 0 Å². The molecule has 21 heavy (non-hydrogen) atoms. The van der Waals surface area contributed by atoms with Crippen molar-refractivity contribution in [3.8, 4) is 11.5 Å². The van der Waals surface area contributed by atoms with Gasteiger partial charge in [-0.1, -0.05) is 30.3 Å². The van der Waals surface area contributed by atoms with Crippen LogP contribution in [0, 0.1) is 6.92 Å². The van der Waals surface area contributed by atoms with Crippen molar-refractivity contribution in [2.75, 3.05) is 33.4 Å². The summed E-state index contributed by atoms with van der Waals surface area (Å²) in [6, 6.07) is 18.0. The molecule has 0 fully saturated rings. The molecule has 3 nitrogen and oxygen atoms in total. The van der Waals surface area contributed by atoms with Gasteiger partial charge < -0.3 is 9.47 Å². The van der Waals surface area contributed by atoms with Gasteiger partial charge in [-0.15, -0.1) is 0 Å². The van der Waals surface area contributed by atoms with Gasteiger partial charge in [-0.2, -0.15) is 0 Å². The summed E-state index contributed by atoms with van der Waals surface area (Å²) in [5, 5.41) is 0. The second-order valence-electron chi connectivity index (χ2n) is 5.13. The number of nitrogens with zero attached hydrogens (tertiary/aromatic N) is 1. The largest absolute Gasteiger partial charge is 0.492 e. The zero-order valence-corrected chi connectivity index (χ0v) is 12.8. The van der Waals surface area contributed by atoms with E-state index in [2.05, 4.69) is 31.0 Å². The monoisotopic (exact) mass is 285 g/mol. The lowest BCUT2D eigenvalue weighted by atomic mass is 10.2. The fraction of sp³-hybridized carbons (Fsp3) is 0.333. The number of hydrogen-bond donors (Lipinski definition) is 0. The lowest BCUT2D eigenvalue weighted by molar-refractivity contribution is 0.202. The summed E-state index contributed by atoms with van der Waals surface area (Å²) in [4.78, 5) is 2.21. The molecule has 3 heteroatoms. The van der Waals surface area contributed by atoms with E-state index in [9.17, 15) is 0 Å². The molecule has 0 amide bonds. The van der Waals surface area contributed by atoms with E-state index in [1.54, 1.807) is 0 Å². The Morgan fingerprint density at radius 1 is 0.810 bits per heavy atom. The number of aryl methyl sites for hydroxylation is 1. The second-order valence-corrected chi connectivity index (χ2v) is 5.13. The molecule has 0 saturated heterocycles. The highest BCUT2D eigenvalue weighted by Crippen LogP contribution is 2.12. The van der Waals surface area contributed by atoms with Crippen LogP contribution < -0.4 is 9.47 Å². The Bertz CT molecular complexity index is 528. The summed E-state index contributed by atoms with van der Waals surface area (Å²) in [5.41, 5.74) is 1.22. The van der Waals surface area contributed by atoms with Crippen LogP contribution in [0.15, 0.2) is 54.6 Å². The van der Waals surface area contributed by atoms with E-state index in [1.807, 2.05) is 42.5 Å². The molecule has 112 valence electrons. The van der Waals surface area contributed by atoms with Crippen molar-refractivity contribution < 1.29 is 9.47 Å². The highest BCUT2D eigenvalue weighted by Gasteiger charge is 2.00. The van der Waals surface area contributed by atoms with Gasteiger partial charge in [-0.25, -0.2) is 0 Å². The van der Waals surface area contributed by atoms with Crippen LogP contribution in [-0.4, -0.2) is 38.3 Å². The first-order chi connectivity index (χ1) is 10.2. The van der Waals surface area contributed by atoms with Crippen LogP contribution in [0.2, 0.25) is 0 Å². The first-order valence-corrected chi connectivity index (χ1v) is 7.30. The molecule has 0 unspecified atom stereocenters. The number of ether oxygens (including phenoxy) is 2. The SMILES string of the molecule is Cc1cccc(OCCN(C)CCOc2ccccc2)c1. The van der Waals surface area contributed by atoms with Gasteiger partial charge in [0.25, 0.3) is 0 Å². The molecule has 0 heterocycles. The van der Waals surface area contributed by atoms with Crippen LogP contribution in [0.3, 0.4) is 0 Å². The molecule has 0 aliphatic carbocycles. The predicted octanol–water partition coefficient (Wildman–Crippen LogP) is 3.38. The van der Waals surface area contributed by atoms with Gasteiger partial charge in [0.05, 0.1) is 0 Å². The second kappa shape index (κ2) is 8.32. The van der Waals surface area contributed by atoms with Gasteiger partial charge in [-0.05, 0) is 43.8 Å². The molecule has 0 spiro atoms. The Kier molecular flexibility index (Phi) is 6.10. The maximum Gasteiger partial charge on any atom is 0.119 e. The maximum atomic E-state index is 5.74. The van der Waals surface area contributed by atoms with Crippen molar-refractivity contribution >= 4 is 0 Å². The smallest absolute Gasteiger partial charge is 0.119 e. The van der Waals surface area contributed by atoms with Crippen LogP contribution >= 0.6 is 0 Å². The Morgan fingerprint density at radius 3 is 2.10 bits per heavy atom. The summed E-state index contributed by atoms with van der Waals surface area (Å²) in [6.07, 6.45) is 0. The van der Waals surface area contributed by atoms with E-state index >= 15 is 0 Å². The third kappa shape index (κ3) is 5.88. The summed E-state index contributed by atoms with van der Waals surface area (Å²) in [7, 11) is 2.08. The highest BCUT2D eigenvalue weighted by molar-refractivity contribution is 5.27. The van der Waals surface area contributed by atoms with E-state index in [4.69, 9.17) is 9.47 Å². The quantitative estimate of drug-likeness (QED) is 0.742. The fourth-order valence-electron chi connectivity index (χ4n) is 1.97. The number of likely N-dealkylation sites (N-methyl/N-ethyl adjacent to an activating group) is 1. The van der Waals surface area contributed by atoms with Crippen molar-refractivity contribution in [3.63, 3.8) is 0 Å². The van der Waals surface area contributed by atoms with Crippen molar-refractivity contribution in [1.29, 1.82) is 0 Å². The average molecular weight is 285 g/mol. The Hall–Kier alpha value is -2.00. The molecule has 0 radical (unpaired) electrons. The normalized spacial score (nSPS) is 10.6. The Labute approximate surface area is 127 Å². The van der Waals surface area contributed by atoms with Gasteiger partial charge >= 0.3 is 0 Å². The number of rotatable bonds is 8. The molecule has 2 aromatic rings. The molecular weight excluding hydrogens is 262 g/mol.